The molecule has 5 nitrogen and oxygen atoms in total. The predicted molar refractivity (Wildman–Crippen MR) is 120 cm³/mol. The average Bonchev–Trinajstić information content (AvgIpc) is 3.15. The van der Waals surface area contributed by atoms with Crippen molar-refractivity contribution in [2.45, 2.75) is 51.8 Å². The van der Waals surface area contributed by atoms with Crippen molar-refractivity contribution in [3.63, 3.8) is 0 Å². The number of Topliss-reactive ketones (excluding diaryl/α,β-unsaturated/α-hetero) is 1. The Balaban J connectivity index is 1.68. The molecule has 182 valence electrons. The normalized spacial score (nSPS) is 17.8. The zero-order chi connectivity index (χ0) is 25.3. The summed E-state index contributed by atoms with van der Waals surface area (Å²) in [6.45, 7) is 3.78. The van der Waals surface area contributed by atoms with Crippen molar-refractivity contribution in [1.29, 1.82) is 0 Å². The molecule has 0 aromatic heterocycles. The van der Waals surface area contributed by atoms with E-state index in [9.17, 15) is 27.2 Å². The molecule has 0 radical (unpaired) electrons. The molecule has 2 aromatic rings. The number of nitrogens with zero attached hydrogens (tertiary/aromatic N) is 1. The lowest BCUT2D eigenvalue weighted by Crippen LogP contribution is -2.33. The van der Waals surface area contributed by atoms with E-state index in [1.165, 1.54) is 6.07 Å². The molecule has 34 heavy (non-hydrogen) atoms. The van der Waals surface area contributed by atoms with Gasteiger partial charge in [0.15, 0.2) is 11.4 Å². The first-order valence-corrected chi connectivity index (χ1v) is 10.9. The summed E-state index contributed by atoms with van der Waals surface area (Å²) < 4.78 is 51.2. The maximum atomic E-state index is 14.7. The number of hydrogen-bond acceptors (Lipinski definition) is 4. The minimum atomic E-state index is -4.51. The third-order valence-corrected chi connectivity index (χ3v) is 5.80. The highest BCUT2D eigenvalue weighted by Gasteiger charge is 2.39. The van der Waals surface area contributed by atoms with Gasteiger partial charge in [0.25, 0.3) is 0 Å². The van der Waals surface area contributed by atoms with E-state index >= 15 is 0 Å². The molecular formula is C24H23ClF4N2O3. The Morgan fingerprint density at radius 1 is 1.18 bits per heavy atom. The highest BCUT2D eigenvalue weighted by Crippen LogP contribution is 2.39. The lowest BCUT2D eigenvalue weighted by atomic mass is 9.87. The first-order chi connectivity index (χ1) is 15.8. The Hall–Kier alpha value is -2.94. The number of carbonyl (C=O) groups is 2. The van der Waals surface area contributed by atoms with Crippen LogP contribution in [0.15, 0.2) is 35.5 Å². The summed E-state index contributed by atoms with van der Waals surface area (Å²) in [7, 11) is 0. The van der Waals surface area contributed by atoms with Crippen LogP contribution < -0.4 is 5.32 Å². The van der Waals surface area contributed by atoms with Crippen molar-refractivity contribution in [1.82, 2.24) is 5.32 Å². The fourth-order valence-electron chi connectivity index (χ4n) is 3.75. The molecule has 2 aromatic carbocycles. The number of alkyl halides is 3. The predicted octanol–water partition coefficient (Wildman–Crippen LogP) is 5.78. The van der Waals surface area contributed by atoms with Crippen LogP contribution in [-0.4, -0.2) is 30.1 Å². The summed E-state index contributed by atoms with van der Waals surface area (Å²) in [5.74, 6) is -1.78. The maximum Gasteiger partial charge on any atom is 0.405 e. The topological polar surface area (TPSA) is 67.8 Å². The summed E-state index contributed by atoms with van der Waals surface area (Å²) >= 11 is 5.99. The molecule has 1 N–H and O–H groups in total. The van der Waals surface area contributed by atoms with E-state index in [1.54, 1.807) is 50.4 Å². The van der Waals surface area contributed by atoms with E-state index in [0.717, 1.165) is 5.56 Å². The molecule has 0 saturated carbocycles. The summed E-state index contributed by atoms with van der Waals surface area (Å²) in [6, 6.07) is 8.15. The number of aryl methyl sites for hydroxylation is 2. The second-order valence-electron chi connectivity index (χ2n) is 8.49. The van der Waals surface area contributed by atoms with Crippen LogP contribution in [0.25, 0.3) is 0 Å². The quantitative estimate of drug-likeness (QED) is 0.389. The third-order valence-electron chi connectivity index (χ3n) is 5.53. The molecular weight excluding hydrogens is 476 g/mol. The molecule has 0 aliphatic carbocycles. The van der Waals surface area contributed by atoms with Gasteiger partial charge < -0.3 is 10.2 Å². The summed E-state index contributed by atoms with van der Waals surface area (Å²) in [6.07, 6.45) is -4.80. The molecule has 1 atom stereocenters. The Bertz CT molecular complexity index is 1160. The van der Waals surface area contributed by atoms with Crippen molar-refractivity contribution >= 4 is 29.0 Å². The molecule has 1 aliphatic rings. The number of nitrogens with one attached hydrogen (secondary N) is 1. The van der Waals surface area contributed by atoms with E-state index in [-0.39, 0.29) is 30.1 Å². The standard InChI is InChI=1S/C24H23ClF4N2O3/c1-13-8-17(22(26)18(25)9-13)23(3)11-19(31-34-23)15-4-5-16(14(2)10-15)20(32)6-7-21(33)30-12-24(27,28)29/h4-5,8-10H,6-7,11-12H2,1-3H3,(H,30,33). The van der Waals surface area contributed by atoms with Crippen molar-refractivity contribution in [3.05, 3.63) is 69.0 Å². The number of ketones is 1. The van der Waals surface area contributed by atoms with Gasteiger partial charge in [-0.2, -0.15) is 13.2 Å². The van der Waals surface area contributed by atoms with Gasteiger partial charge in [-0.15, -0.1) is 0 Å². The lowest BCUT2D eigenvalue weighted by molar-refractivity contribution is -0.138. The fourth-order valence-corrected chi connectivity index (χ4v) is 4.03. The van der Waals surface area contributed by atoms with Gasteiger partial charge in [0.2, 0.25) is 5.91 Å². The van der Waals surface area contributed by atoms with E-state index in [4.69, 9.17) is 16.4 Å². The van der Waals surface area contributed by atoms with E-state index < -0.39 is 30.0 Å². The first kappa shape index (κ1) is 25.7. The second kappa shape index (κ2) is 9.74. The number of benzene rings is 2. The van der Waals surface area contributed by atoms with Crippen LogP contribution in [-0.2, 0) is 15.2 Å². The molecule has 0 fully saturated rings. The lowest BCUT2D eigenvalue weighted by Gasteiger charge is -2.23. The molecule has 1 heterocycles. The van der Waals surface area contributed by atoms with Gasteiger partial charge in [0.1, 0.15) is 12.4 Å². The Morgan fingerprint density at radius 3 is 2.53 bits per heavy atom. The smallest absolute Gasteiger partial charge is 0.384 e. The Kier molecular flexibility index (Phi) is 7.35. The zero-order valence-electron chi connectivity index (χ0n) is 18.8. The minimum absolute atomic E-state index is 0.000859. The van der Waals surface area contributed by atoms with Crippen molar-refractivity contribution in [3.8, 4) is 0 Å². The van der Waals surface area contributed by atoms with Crippen LogP contribution in [0.5, 0.6) is 0 Å². The van der Waals surface area contributed by atoms with Crippen molar-refractivity contribution < 1.29 is 32.0 Å². The minimum Gasteiger partial charge on any atom is -0.384 e. The summed E-state index contributed by atoms with van der Waals surface area (Å²) in [5, 5.41) is 5.87. The van der Waals surface area contributed by atoms with Gasteiger partial charge in [-0.1, -0.05) is 28.9 Å². The van der Waals surface area contributed by atoms with Crippen LogP contribution in [0.3, 0.4) is 0 Å². The van der Waals surface area contributed by atoms with E-state index in [1.807, 2.05) is 0 Å². The highest BCUT2D eigenvalue weighted by atomic mass is 35.5. The van der Waals surface area contributed by atoms with Crippen LogP contribution >= 0.6 is 11.6 Å². The van der Waals surface area contributed by atoms with Crippen molar-refractivity contribution in [2.24, 2.45) is 5.16 Å². The number of oxime groups is 1. The van der Waals surface area contributed by atoms with Crippen LogP contribution in [0.2, 0.25) is 5.02 Å². The number of hydrogen-bond donors (Lipinski definition) is 1. The van der Waals surface area contributed by atoms with Crippen LogP contribution in [0, 0.1) is 19.7 Å². The number of halogens is 5. The summed E-state index contributed by atoms with van der Waals surface area (Å²) in [5.41, 5.74) is 2.23. The zero-order valence-corrected chi connectivity index (χ0v) is 19.5. The van der Waals surface area contributed by atoms with Gasteiger partial charge in [-0.3, -0.25) is 9.59 Å². The van der Waals surface area contributed by atoms with E-state index in [2.05, 4.69) is 5.16 Å². The molecule has 10 heteroatoms. The SMILES string of the molecule is Cc1cc(Cl)c(F)c(C2(C)CC(c3ccc(C(=O)CCC(=O)NCC(F)(F)F)c(C)c3)=NO2)c1. The molecule has 0 bridgehead atoms. The molecule has 1 unspecified atom stereocenters. The first-order valence-electron chi connectivity index (χ1n) is 10.5. The van der Waals surface area contributed by atoms with Crippen LogP contribution in [0.4, 0.5) is 17.6 Å². The maximum absolute atomic E-state index is 14.7. The van der Waals surface area contributed by atoms with Crippen molar-refractivity contribution in [2.75, 3.05) is 6.54 Å². The number of amides is 1. The van der Waals surface area contributed by atoms with Gasteiger partial charge in [0.05, 0.1) is 10.7 Å². The fraction of sp³-hybridized carbons (Fsp3) is 0.375. The molecule has 0 saturated heterocycles. The average molecular weight is 499 g/mol. The Labute approximate surface area is 199 Å². The second-order valence-corrected chi connectivity index (χ2v) is 8.90. The van der Waals surface area contributed by atoms with Crippen LogP contribution in [0.1, 0.15) is 58.8 Å². The largest absolute Gasteiger partial charge is 0.405 e. The molecule has 0 spiro atoms. The summed E-state index contributed by atoms with van der Waals surface area (Å²) in [4.78, 5) is 29.6. The van der Waals surface area contributed by atoms with Gasteiger partial charge in [-0.25, -0.2) is 4.39 Å². The highest BCUT2D eigenvalue weighted by molar-refractivity contribution is 6.30. The van der Waals surface area contributed by atoms with Gasteiger partial charge in [-0.05, 0) is 55.7 Å². The number of carbonyl (C=O) groups excluding carboxylic acids is 2. The molecule has 1 aliphatic heterocycles. The third kappa shape index (κ3) is 5.94. The molecule has 1 amide bonds. The van der Waals surface area contributed by atoms with Gasteiger partial charge in [0, 0.05) is 30.4 Å². The number of rotatable bonds is 7. The van der Waals surface area contributed by atoms with E-state index in [0.29, 0.717) is 28.0 Å². The monoisotopic (exact) mass is 498 g/mol. The van der Waals surface area contributed by atoms with Gasteiger partial charge >= 0.3 is 6.18 Å². The Morgan fingerprint density at radius 2 is 1.88 bits per heavy atom. The molecule has 3 rings (SSSR count).